The van der Waals surface area contributed by atoms with Gasteiger partial charge in [-0.3, -0.25) is 43.2 Å². The van der Waals surface area contributed by atoms with Crippen LogP contribution in [0.15, 0.2) is 152 Å². The molecule has 0 aliphatic carbocycles. The standard InChI is InChI=1S/C69H86N10O12/c1-41(2)33-53(73-61(82)50(70)35-44-21-11-7-12-22-44)63(84)75-56(37-46-25-15-9-16-26-46)66(87)74-54(34-42(3)4)64(85)78-58(39-48-40-71-51-30-20-19-29-49(48)51)68(89)77-57(38-47-27-17-10-18-28-47)67(88)76-55(36-45-23-13-8-14-24-45)65(86)72-52(31-32-59(80)81)62(83)79-60(43(5)6)69(90)91/h7-30,40-43,50,52-58,60,71H,31-39,70H2,1-6H3,(H,72,86)(H,73,82)(H,74,87)(H,75,84)(H,76,88)(H,77,89)(H,78,85)(H,79,83)(H,80,81)(H,90,91). The molecule has 91 heavy (non-hydrogen) atoms. The van der Waals surface area contributed by atoms with Crippen LogP contribution in [-0.2, 0) is 80.0 Å². The average Bonchev–Trinajstić information content (AvgIpc) is 3.14. The van der Waals surface area contributed by atoms with Crippen LogP contribution in [0.5, 0.6) is 0 Å². The Morgan fingerprint density at radius 2 is 0.725 bits per heavy atom. The predicted molar refractivity (Wildman–Crippen MR) is 344 cm³/mol. The van der Waals surface area contributed by atoms with Crippen LogP contribution < -0.4 is 48.3 Å². The molecular weight excluding hydrogens is 1160 g/mol. The van der Waals surface area contributed by atoms with Gasteiger partial charge >= 0.3 is 11.9 Å². The largest absolute Gasteiger partial charge is 0.481 e. The third-order valence-electron chi connectivity index (χ3n) is 15.3. The first-order valence-electron chi connectivity index (χ1n) is 30.8. The van der Waals surface area contributed by atoms with Crippen molar-refractivity contribution < 1.29 is 58.2 Å². The molecule has 0 bridgehead atoms. The van der Waals surface area contributed by atoms with Crippen molar-refractivity contribution >= 4 is 70.1 Å². The Balaban J connectivity index is 1.30. The highest BCUT2D eigenvalue weighted by atomic mass is 16.4. The van der Waals surface area contributed by atoms with Gasteiger partial charge in [-0.2, -0.15) is 0 Å². The van der Waals surface area contributed by atoms with Crippen LogP contribution in [0.2, 0.25) is 0 Å². The topological polar surface area (TPSA) is 349 Å². The van der Waals surface area contributed by atoms with E-state index in [1.165, 1.54) is 0 Å². The number of aliphatic carboxylic acids is 2. The van der Waals surface area contributed by atoms with Gasteiger partial charge < -0.3 is 63.5 Å². The number of rotatable bonds is 35. The number of carboxylic acids is 2. The highest BCUT2D eigenvalue weighted by Gasteiger charge is 2.37. The molecule has 0 fully saturated rings. The summed E-state index contributed by atoms with van der Waals surface area (Å²) in [5.74, 6) is -9.77. The third-order valence-corrected chi connectivity index (χ3v) is 15.3. The minimum atomic E-state index is -1.55. The van der Waals surface area contributed by atoms with Gasteiger partial charge in [0, 0.05) is 49.2 Å². The Labute approximate surface area is 530 Å². The van der Waals surface area contributed by atoms with E-state index in [2.05, 4.69) is 47.5 Å². The van der Waals surface area contributed by atoms with Gasteiger partial charge in [0.25, 0.3) is 0 Å². The normalized spacial score (nSPS) is 14.3. The summed E-state index contributed by atoms with van der Waals surface area (Å²) in [6, 6.07) is 30.8. The number of nitrogens with two attached hydrogens (primary N) is 1. The highest BCUT2D eigenvalue weighted by Crippen LogP contribution is 2.21. The lowest BCUT2D eigenvalue weighted by molar-refractivity contribution is -0.144. The first kappa shape index (κ1) is 70.4. The average molecular weight is 1250 g/mol. The highest BCUT2D eigenvalue weighted by molar-refractivity contribution is 5.99. The Kier molecular flexibility index (Phi) is 27.0. The summed E-state index contributed by atoms with van der Waals surface area (Å²) in [6.45, 7) is 10.6. The maximum atomic E-state index is 15.2. The van der Waals surface area contributed by atoms with E-state index in [-0.39, 0.29) is 56.8 Å². The van der Waals surface area contributed by atoms with Crippen LogP contribution in [0.4, 0.5) is 0 Å². The second-order valence-electron chi connectivity index (χ2n) is 24.1. The van der Waals surface area contributed by atoms with Crippen LogP contribution in [-0.4, -0.2) is 129 Å². The zero-order valence-corrected chi connectivity index (χ0v) is 52.3. The molecular formula is C69H86N10O12. The summed E-state index contributed by atoms with van der Waals surface area (Å²) >= 11 is 0. The maximum absolute atomic E-state index is 15.2. The van der Waals surface area contributed by atoms with Gasteiger partial charge in [0.15, 0.2) is 0 Å². The fourth-order valence-electron chi connectivity index (χ4n) is 10.5. The molecule has 1 aromatic heterocycles. The van der Waals surface area contributed by atoms with Gasteiger partial charge in [-0.25, -0.2) is 4.79 Å². The molecule has 484 valence electrons. The molecule has 13 N–H and O–H groups in total. The number of carbonyl (C=O) groups is 10. The summed E-state index contributed by atoms with van der Waals surface area (Å²) in [5, 5.41) is 42.2. The Morgan fingerprint density at radius 1 is 0.396 bits per heavy atom. The molecule has 5 aromatic carbocycles. The Morgan fingerprint density at radius 3 is 1.11 bits per heavy atom. The summed E-state index contributed by atoms with van der Waals surface area (Å²) in [6.07, 6.45) is 0.737. The lowest BCUT2D eigenvalue weighted by Gasteiger charge is -2.29. The minimum absolute atomic E-state index is 0.0131. The monoisotopic (exact) mass is 1250 g/mol. The maximum Gasteiger partial charge on any atom is 0.326 e. The van der Waals surface area contributed by atoms with Crippen LogP contribution in [0.25, 0.3) is 10.9 Å². The predicted octanol–water partition coefficient (Wildman–Crippen LogP) is 4.58. The number of aromatic amines is 1. The Hall–Kier alpha value is -9.70. The molecule has 8 amide bonds. The molecule has 22 heteroatoms. The second-order valence-corrected chi connectivity index (χ2v) is 24.1. The number of para-hydroxylation sites is 1. The zero-order valence-electron chi connectivity index (χ0n) is 52.3. The molecule has 22 nitrogen and oxygen atoms in total. The van der Waals surface area contributed by atoms with Crippen LogP contribution in [0.3, 0.4) is 0 Å². The third kappa shape index (κ3) is 22.7. The van der Waals surface area contributed by atoms with Crippen LogP contribution in [0, 0.1) is 17.8 Å². The zero-order chi connectivity index (χ0) is 66.1. The number of hydrogen-bond donors (Lipinski definition) is 12. The van der Waals surface area contributed by atoms with Gasteiger partial charge in [-0.15, -0.1) is 0 Å². The van der Waals surface area contributed by atoms with E-state index in [4.69, 9.17) is 5.73 Å². The van der Waals surface area contributed by atoms with Crippen molar-refractivity contribution in [1.82, 2.24) is 47.5 Å². The second kappa shape index (κ2) is 34.9. The number of benzene rings is 5. The molecule has 9 atom stereocenters. The fourth-order valence-corrected chi connectivity index (χ4v) is 10.5. The SMILES string of the molecule is CC(C)CC(NC(=O)C(N)Cc1ccccc1)C(=O)NC(Cc1ccccc1)C(=O)NC(CC(C)C)C(=O)NC(Cc1c[nH]c2ccccc12)C(=O)NC(Cc1ccccc1)C(=O)NC(Cc1ccccc1)C(=O)NC(CCC(=O)O)C(=O)NC(C(=O)O)C(C)C. The summed E-state index contributed by atoms with van der Waals surface area (Å²) < 4.78 is 0. The summed E-state index contributed by atoms with van der Waals surface area (Å²) in [7, 11) is 0. The number of aromatic nitrogens is 1. The van der Waals surface area contributed by atoms with Crippen LogP contribution in [0.1, 0.15) is 95.0 Å². The lowest BCUT2D eigenvalue weighted by Crippen LogP contribution is -2.61. The fraction of sp³-hybridized carbons (Fsp3) is 0.391. The number of carboxylic acid groups (broad SMARTS) is 2. The summed E-state index contributed by atoms with van der Waals surface area (Å²) in [5.41, 5.74) is 10.4. The molecule has 0 spiro atoms. The number of hydrogen-bond acceptors (Lipinski definition) is 11. The van der Waals surface area contributed by atoms with Gasteiger partial charge in [0.05, 0.1) is 6.04 Å². The molecule has 9 unspecified atom stereocenters. The molecule has 6 aromatic rings. The van der Waals surface area contributed by atoms with Gasteiger partial charge in [-0.1, -0.05) is 181 Å². The van der Waals surface area contributed by atoms with E-state index >= 15 is 9.59 Å². The molecule has 1 heterocycles. The van der Waals surface area contributed by atoms with Crippen molar-refractivity contribution in [2.75, 3.05) is 0 Å². The van der Waals surface area contributed by atoms with E-state index in [0.717, 1.165) is 16.5 Å². The van der Waals surface area contributed by atoms with Crippen molar-refractivity contribution in [1.29, 1.82) is 0 Å². The van der Waals surface area contributed by atoms with E-state index in [9.17, 15) is 48.6 Å². The number of amides is 8. The van der Waals surface area contributed by atoms with E-state index in [1.807, 2.05) is 82.3 Å². The van der Waals surface area contributed by atoms with Crippen molar-refractivity contribution in [2.24, 2.45) is 23.5 Å². The van der Waals surface area contributed by atoms with Crippen molar-refractivity contribution in [3.63, 3.8) is 0 Å². The van der Waals surface area contributed by atoms with Crippen molar-refractivity contribution in [3.8, 4) is 0 Å². The molecule has 0 aliphatic rings. The molecule has 0 aliphatic heterocycles. The quantitative estimate of drug-likeness (QED) is 0.0260. The van der Waals surface area contributed by atoms with Crippen LogP contribution >= 0.6 is 0 Å². The summed E-state index contributed by atoms with van der Waals surface area (Å²) in [4.78, 5) is 143. The van der Waals surface area contributed by atoms with E-state index < -0.39 is 132 Å². The Bertz CT molecular complexity index is 3400. The molecule has 6 rings (SSSR count). The number of carbonyl (C=O) groups excluding carboxylic acids is 8. The van der Waals surface area contributed by atoms with Gasteiger partial charge in [0.2, 0.25) is 47.3 Å². The smallest absolute Gasteiger partial charge is 0.326 e. The minimum Gasteiger partial charge on any atom is -0.481 e. The van der Waals surface area contributed by atoms with Gasteiger partial charge in [-0.05, 0) is 77.3 Å². The van der Waals surface area contributed by atoms with Crippen molar-refractivity contribution in [3.05, 3.63) is 180 Å². The number of H-pyrrole nitrogens is 1. The van der Waals surface area contributed by atoms with Gasteiger partial charge in [0.1, 0.15) is 48.3 Å². The van der Waals surface area contributed by atoms with Crippen molar-refractivity contribution in [2.45, 2.75) is 154 Å². The number of nitrogens with one attached hydrogen (secondary N) is 9. The first-order valence-corrected chi connectivity index (χ1v) is 30.8. The van der Waals surface area contributed by atoms with E-state index in [1.54, 1.807) is 111 Å². The van der Waals surface area contributed by atoms with E-state index in [0.29, 0.717) is 22.3 Å². The lowest BCUT2D eigenvalue weighted by atomic mass is 9.98. The molecule has 0 radical (unpaired) electrons. The number of fused-ring (bicyclic) bond motifs is 1. The molecule has 0 saturated carbocycles. The molecule has 0 saturated heterocycles. The first-order chi connectivity index (χ1) is 43.4.